The van der Waals surface area contributed by atoms with Crippen LogP contribution in [-0.4, -0.2) is 47.2 Å². The summed E-state index contributed by atoms with van der Waals surface area (Å²) >= 11 is 5.74. The van der Waals surface area contributed by atoms with Crippen LogP contribution in [0.1, 0.15) is 16.7 Å². The summed E-state index contributed by atoms with van der Waals surface area (Å²) in [5, 5.41) is 2.08. The van der Waals surface area contributed by atoms with Crippen LogP contribution in [0.15, 0.2) is 71.6 Å². The molecule has 0 spiro atoms. The van der Waals surface area contributed by atoms with Crippen molar-refractivity contribution in [3.05, 3.63) is 88.4 Å². The minimum Gasteiger partial charge on any atom is -0.378 e. The maximum Gasteiger partial charge on any atom is 0.417 e. The number of rotatable bonds is 8. The molecule has 4 rings (SSSR count). The number of anilines is 2. The van der Waals surface area contributed by atoms with Crippen molar-refractivity contribution in [3.63, 3.8) is 0 Å². The summed E-state index contributed by atoms with van der Waals surface area (Å²) in [6, 6.07) is 16.1. The van der Waals surface area contributed by atoms with Gasteiger partial charge in [0, 0.05) is 25.3 Å². The van der Waals surface area contributed by atoms with Crippen molar-refractivity contribution in [1.29, 1.82) is 0 Å². The Kier molecular flexibility index (Phi) is 8.73. The average molecular weight is 582 g/mol. The highest BCUT2D eigenvalue weighted by Crippen LogP contribution is 2.38. The second kappa shape index (κ2) is 11.8. The van der Waals surface area contributed by atoms with Crippen molar-refractivity contribution < 1.29 is 31.1 Å². The maximum absolute atomic E-state index is 13.5. The van der Waals surface area contributed by atoms with Crippen molar-refractivity contribution >= 4 is 38.9 Å². The summed E-state index contributed by atoms with van der Waals surface area (Å²) in [6.45, 7) is 4.00. The molecule has 1 heterocycles. The molecule has 0 aliphatic carbocycles. The number of benzene rings is 3. The summed E-state index contributed by atoms with van der Waals surface area (Å²) in [4.78, 5) is 14.9. The Morgan fingerprint density at radius 3 is 2.28 bits per heavy atom. The molecule has 39 heavy (non-hydrogen) atoms. The molecule has 3 aromatic rings. The van der Waals surface area contributed by atoms with Crippen LogP contribution in [-0.2, 0) is 32.3 Å². The molecule has 1 N–H and O–H groups in total. The Morgan fingerprint density at radius 1 is 1.03 bits per heavy atom. The molecule has 3 aromatic carbocycles. The van der Waals surface area contributed by atoms with Gasteiger partial charge in [-0.3, -0.25) is 9.10 Å². The first kappa shape index (κ1) is 28.7. The number of morpholine rings is 1. The van der Waals surface area contributed by atoms with Gasteiger partial charge >= 0.3 is 6.18 Å². The van der Waals surface area contributed by atoms with Gasteiger partial charge in [0.2, 0.25) is 5.91 Å². The van der Waals surface area contributed by atoms with Crippen molar-refractivity contribution in [1.82, 2.24) is 5.32 Å². The molecule has 0 atom stereocenters. The topological polar surface area (TPSA) is 79.0 Å². The van der Waals surface area contributed by atoms with E-state index in [9.17, 15) is 26.4 Å². The van der Waals surface area contributed by atoms with E-state index in [2.05, 4.69) is 10.2 Å². The van der Waals surface area contributed by atoms with Gasteiger partial charge in [0.1, 0.15) is 6.54 Å². The second-order valence-corrected chi connectivity index (χ2v) is 11.3. The normalized spacial score (nSPS) is 14.2. The fourth-order valence-corrected chi connectivity index (χ4v) is 5.71. The SMILES string of the molecule is Cc1ccc(S(=O)(=O)N(CC(=O)NCc2ccc(N3CCOCC3)cc2)c2ccc(Cl)c(C(F)(F)F)c2)cc1. The molecule has 1 aliphatic rings. The summed E-state index contributed by atoms with van der Waals surface area (Å²) in [5.74, 6) is -0.688. The van der Waals surface area contributed by atoms with Crippen LogP contribution in [0.5, 0.6) is 0 Å². The third-order valence-corrected chi connectivity index (χ3v) is 8.36. The number of sulfonamides is 1. The number of alkyl halides is 3. The highest BCUT2D eigenvalue weighted by atomic mass is 35.5. The fourth-order valence-electron chi connectivity index (χ4n) is 4.07. The molecular formula is C27H27ClF3N3O4S. The number of hydrogen-bond donors (Lipinski definition) is 1. The average Bonchev–Trinajstić information content (AvgIpc) is 2.91. The number of aryl methyl sites for hydroxylation is 1. The molecule has 0 saturated carbocycles. The number of hydrogen-bond acceptors (Lipinski definition) is 5. The number of nitrogens with one attached hydrogen (secondary N) is 1. The van der Waals surface area contributed by atoms with Crippen LogP contribution in [0.25, 0.3) is 0 Å². The van der Waals surface area contributed by atoms with Crippen molar-refractivity contribution in [2.75, 3.05) is 42.1 Å². The van der Waals surface area contributed by atoms with Crippen LogP contribution in [0.4, 0.5) is 24.5 Å². The molecule has 0 bridgehead atoms. The number of halogens is 4. The van der Waals surface area contributed by atoms with E-state index >= 15 is 0 Å². The quantitative estimate of drug-likeness (QED) is 0.404. The molecule has 208 valence electrons. The van der Waals surface area contributed by atoms with Gasteiger partial charge in [-0.15, -0.1) is 0 Å². The van der Waals surface area contributed by atoms with E-state index in [1.54, 1.807) is 19.1 Å². The molecule has 0 aromatic heterocycles. The summed E-state index contributed by atoms with van der Waals surface area (Å²) in [5.41, 5.74) is 1.05. The smallest absolute Gasteiger partial charge is 0.378 e. The first-order valence-electron chi connectivity index (χ1n) is 12.1. The lowest BCUT2D eigenvalue weighted by molar-refractivity contribution is -0.137. The van der Waals surface area contributed by atoms with E-state index in [0.717, 1.165) is 42.0 Å². The molecule has 12 heteroatoms. The van der Waals surface area contributed by atoms with Gasteiger partial charge in [-0.05, 0) is 55.0 Å². The Labute approximate surface area is 230 Å². The van der Waals surface area contributed by atoms with Gasteiger partial charge in [-0.1, -0.05) is 41.4 Å². The minimum atomic E-state index is -4.82. The Bertz CT molecular complexity index is 1410. The van der Waals surface area contributed by atoms with Gasteiger partial charge in [0.15, 0.2) is 0 Å². The zero-order valence-electron chi connectivity index (χ0n) is 21.0. The highest BCUT2D eigenvalue weighted by molar-refractivity contribution is 7.92. The van der Waals surface area contributed by atoms with Gasteiger partial charge in [0.25, 0.3) is 10.0 Å². The van der Waals surface area contributed by atoms with E-state index in [-0.39, 0.29) is 17.1 Å². The molecule has 7 nitrogen and oxygen atoms in total. The molecule has 0 unspecified atom stereocenters. The lowest BCUT2D eigenvalue weighted by Gasteiger charge is -2.29. The molecule has 1 fully saturated rings. The van der Waals surface area contributed by atoms with Crippen molar-refractivity contribution in [2.45, 2.75) is 24.5 Å². The van der Waals surface area contributed by atoms with E-state index in [0.29, 0.717) is 23.6 Å². The van der Waals surface area contributed by atoms with Crippen molar-refractivity contribution in [2.24, 2.45) is 0 Å². The van der Waals surface area contributed by atoms with Gasteiger partial charge in [-0.25, -0.2) is 8.42 Å². The van der Waals surface area contributed by atoms with E-state index < -0.39 is 39.2 Å². The Hall–Kier alpha value is -3.28. The van der Waals surface area contributed by atoms with Crippen LogP contribution >= 0.6 is 11.6 Å². The molecule has 1 amide bonds. The molecule has 1 saturated heterocycles. The van der Waals surface area contributed by atoms with E-state index in [1.165, 1.54) is 12.1 Å². The standard InChI is InChI=1S/C27H27ClF3N3O4S/c1-19-2-9-23(10-3-19)39(36,37)34(22-8-11-25(28)24(16-22)27(29,30)31)18-26(35)32-17-20-4-6-21(7-5-20)33-12-14-38-15-13-33/h2-11,16H,12-15,17-18H2,1H3,(H,32,35). The number of carbonyl (C=O) groups excluding carboxylic acids is 1. The van der Waals surface area contributed by atoms with E-state index in [1.807, 2.05) is 24.3 Å². The highest BCUT2D eigenvalue weighted by Gasteiger charge is 2.35. The molecular weight excluding hydrogens is 555 g/mol. The predicted octanol–water partition coefficient (Wildman–Crippen LogP) is 5.02. The maximum atomic E-state index is 13.5. The first-order chi connectivity index (χ1) is 18.4. The van der Waals surface area contributed by atoms with Gasteiger partial charge < -0.3 is 15.0 Å². The number of carbonyl (C=O) groups is 1. The van der Waals surface area contributed by atoms with Gasteiger partial charge in [-0.2, -0.15) is 13.2 Å². The summed E-state index contributed by atoms with van der Waals surface area (Å²) in [7, 11) is -4.40. The Morgan fingerprint density at radius 2 is 1.67 bits per heavy atom. The predicted molar refractivity (Wildman–Crippen MR) is 143 cm³/mol. The third-order valence-electron chi connectivity index (χ3n) is 6.24. The summed E-state index contributed by atoms with van der Waals surface area (Å²) < 4.78 is 73.6. The lowest BCUT2D eigenvalue weighted by atomic mass is 10.2. The first-order valence-corrected chi connectivity index (χ1v) is 13.9. The summed E-state index contributed by atoms with van der Waals surface area (Å²) in [6.07, 6.45) is -4.82. The molecule has 0 radical (unpaired) electrons. The second-order valence-electron chi connectivity index (χ2n) is 9.03. The lowest BCUT2D eigenvalue weighted by Crippen LogP contribution is -2.40. The number of amides is 1. The van der Waals surface area contributed by atoms with Crippen LogP contribution in [0.2, 0.25) is 5.02 Å². The number of ether oxygens (including phenoxy) is 1. The zero-order chi connectivity index (χ0) is 28.2. The monoisotopic (exact) mass is 581 g/mol. The fraction of sp³-hybridized carbons (Fsp3) is 0.296. The van der Waals surface area contributed by atoms with Crippen LogP contribution < -0.4 is 14.5 Å². The zero-order valence-corrected chi connectivity index (χ0v) is 22.6. The van der Waals surface area contributed by atoms with Gasteiger partial charge in [0.05, 0.1) is 34.4 Å². The third kappa shape index (κ3) is 7.03. The largest absolute Gasteiger partial charge is 0.417 e. The number of nitrogens with zero attached hydrogens (tertiary/aromatic N) is 2. The molecule has 1 aliphatic heterocycles. The van der Waals surface area contributed by atoms with E-state index in [4.69, 9.17) is 16.3 Å². The van der Waals surface area contributed by atoms with Crippen molar-refractivity contribution in [3.8, 4) is 0 Å². The minimum absolute atomic E-state index is 0.106. The Balaban J connectivity index is 1.55. The van der Waals surface area contributed by atoms with Crippen LogP contribution in [0, 0.1) is 6.92 Å². The van der Waals surface area contributed by atoms with Crippen LogP contribution in [0.3, 0.4) is 0 Å².